The third kappa shape index (κ3) is 2.97. The van der Waals surface area contributed by atoms with E-state index < -0.39 is 5.97 Å². The van der Waals surface area contributed by atoms with Crippen LogP contribution in [0.3, 0.4) is 0 Å². The number of carbonyl (C=O) groups is 1. The first-order valence-corrected chi connectivity index (χ1v) is 7.71. The zero-order chi connectivity index (χ0) is 13.9. The van der Waals surface area contributed by atoms with Crippen LogP contribution < -0.4 is 11.1 Å². The molecular weight excluding hydrogens is 260 g/mol. The second-order valence-corrected chi connectivity index (χ2v) is 6.29. The topological polar surface area (TPSA) is 75.3 Å². The maximum Gasteiger partial charge on any atom is 0.337 e. The Kier molecular flexibility index (Phi) is 4.24. The summed E-state index contributed by atoms with van der Waals surface area (Å²) in [5, 5.41) is 12.4. The quantitative estimate of drug-likeness (QED) is 0.723. The van der Waals surface area contributed by atoms with Crippen molar-refractivity contribution in [3.63, 3.8) is 0 Å². The Labute approximate surface area is 117 Å². The Hall–Kier alpha value is -1.36. The number of carboxylic acid groups (broad SMARTS) is 1. The highest BCUT2D eigenvalue weighted by molar-refractivity contribution is 8.00. The Morgan fingerprint density at radius 2 is 2.16 bits per heavy atom. The molecule has 104 valence electrons. The van der Waals surface area contributed by atoms with E-state index in [1.165, 1.54) is 31.7 Å². The van der Waals surface area contributed by atoms with Crippen LogP contribution in [0.5, 0.6) is 0 Å². The molecular formula is C14H20N2O2S. The number of carboxylic acids is 1. The third-order valence-electron chi connectivity index (χ3n) is 3.89. The molecule has 4 nitrogen and oxygen atoms in total. The van der Waals surface area contributed by atoms with Crippen LogP contribution in [-0.4, -0.2) is 28.6 Å². The number of nitrogen functional groups attached to an aromatic ring is 1. The number of nitrogens with one attached hydrogen (secondary N) is 1. The number of benzene rings is 1. The summed E-state index contributed by atoms with van der Waals surface area (Å²) in [4.78, 5) is 11.0. The maximum atomic E-state index is 11.0. The van der Waals surface area contributed by atoms with Gasteiger partial charge in [-0.2, -0.15) is 11.8 Å². The van der Waals surface area contributed by atoms with Crippen LogP contribution in [0.1, 0.15) is 36.0 Å². The van der Waals surface area contributed by atoms with Gasteiger partial charge in [0.2, 0.25) is 0 Å². The van der Waals surface area contributed by atoms with E-state index in [0.717, 1.165) is 12.2 Å². The molecule has 2 rings (SSSR count). The molecule has 0 radical (unpaired) electrons. The molecule has 1 fully saturated rings. The molecule has 5 heteroatoms. The molecule has 0 aliphatic heterocycles. The van der Waals surface area contributed by atoms with E-state index in [9.17, 15) is 4.79 Å². The first kappa shape index (κ1) is 14.1. The fourth-order valence-electron chi connectivity index (χ4n) is 2.63. The van der Waals surface area contributed by atoms with Gasteiger partial charge in [-0.1, -0.05) is 18.9 Å². The average molecular weight is 280 g/mol. The van der Waals surface area contributed by atoms with Crippen LogP contribution in [0.15, 0.2) is 18.2 Å². The van der Waals surface area contributed by atoms with Gasteiger partial charge in [-0.15, -0.1) is 0 Å². The number of thioether (sulfide) groups is 1. The molecule has 0 amide bonds. The van der Waals surface area contributed by atoms with Crippen molar-refractivity contribution in [2.75, 3.05) is 23.9 Å². The molecule has 19 heavy (non-hydrogen) atoms. The first-order chi connectivity index (χ1) is 9.08. The highest BCUT2D eigenvalue weighted by Crippen LogP contribution is 2.40. The van der Waals surface area contributed by atoms with E-state index in [1.54, 1.807) is 6.07 Å². The summed E-state index contributed by atoms with van der Waals surface area (Å²) in [6.07, 6.45) is 7.10. The van der Waals surface area contributed by atoms with Gasteiger partial charge in [0.25, 0.3) is 0 Å². The number of hydrogen-bond acceptors (Lipinski definition) is 4. The van der Waals surface area contributed by atoms with E-state index >= 15 is 0 Å². The van der Waals surface area contributed by atoms with Crippen molar-refractivity contribution in [2.45, 2.75) is 30.4 Å². The minimum absolute atomic E-state index is 0.162. The van der Waals surface area contributed by atoms with Crippen molar-refractivity contribution in [3.05, 3.63) is 23.8 Å². The lowest BCUT2D eigenvalue weighted by Gasteiger charge is -2.28. The molecule has 0 aromatic heterocycles. The predicted molar refractivity (Wildman–Crippen MR) is 81.0 cm³/mol. The lowest BCUT2D eigenvalue weighted by atomic mass is 10.1. The van der Waals surface area contributed by atoms with E-state index in [1.807, 2.05) is 17.8 Å². The summed E-state index contributed by atoms with van der Waals surface area (Å²) >= 11 is 1.90. The Balaban J connectivity index is 2.11. The minimum Gasteiger partial charge on any atom is -0.478 e. The number of nitrogens with two attached hydrogens (primary N) is 1. The molecule has 0 spiro atoms. The number of rotatable bonds is 5. The predicted octanol–water partition coefficient (Wildman–Crippen LogP) is 3.05. The fourth-order valence-corrected chi connectivity index (χ4v) is 3.55. The zero-order valence-corrected chi connectivity index (χ0v) is 11.9. The normalized spacial score (nSPS) is 17.3. The Bertz CT molecular complexity index is 471. The summed E-state index contributed by atoms with van der Waals surface area (Å²) < 4.78 is 0.270. The lowest BCUT2D eigenvalue weighted by molar-refractivity contribution is 0.0698. The Morgan fingerprint density at radius 3 is 2.74 bits per heavy atom. The summed E-state index contributed by atoms with van der Waals surface area (Å²) in [5.74, 6) is -0.985. The van der Waals surface area contributed by atoms with Crippen LogP contribution in [0, 0.1) is 0 Å². The van der Waals surface area contributed by atoms with E-state index in [2.05, 4.69) is 11.6 Å². The van der Waals surface area contributed by atoms with Gasteiger partial charge in [0, 0.05) is 11.3 Å². The third-order valence-corrected chi connectivity index (χ3v) is 5.30. The Morgan fingerprint density at radius 1 is 1.47 bits per heavy atom. The van der Waals surface area contributed by atoms with E-state index in [4.69, 9.17) is 10.8 Å². The maximum absolute atomic E-state index is 11.0. The second-order valence-electron chi connectivity index (χ2n) is 5.02. The summed E-state index contributed by atoms with van der Waals surface area (Å²) in [5.41, 5.74) is 7.11. The average Bonchev–Trinajstić information content (AvgIpc) is 2.87. The molecule has 1 aromatic carbocycles. The lowest BCUT2D eigenvalue weighted by Crippen LogP contribution is -2.30. The zero-order valence-electron chi connectivity index (χ0n) is 11.1. The van der Waals surface area contributed by atoms with Crippen LogP contribution in [0.25, 0.3) is 0 Å². The summed E-state index contributed by atoms with van der Waals surface area (Å²) in [7, 11) is 0. The van der Waals surface area contributed by atoms with Gasteiger partial charge >= 0.3 is 5.97 Å². The van der Waals surface area contributed by atoms with Crippen molar-refractivity contribution >= 4 is 29.1 Å². The van der Waals surface area contributed by atoms with Crippen LogP contribution in [0.4, 0.5) is 11.4 Å². The monoisotopic (exact) mass is 280 g/mol. The smallest absolute Gasteiger partial charge is 0.337 e. The van der Waals surface area contributed by atoms with Gasteiger partial charge in [0.1, 0.15) is 0 Å². The van der Waals surface area contributed by atoms with Crippen molar-refractivity contribution in [1.82, 2.24) is 0 Å². The molecule has 1 saturated carbocycles. The molecule has 1 aliphatic carbocycles. The minimum atomic E-state index is -0.985. The van der Waals surface area contributed by atoms with Crippen LogP contribution in [-0.2, 0) is 0 Å². The van der Waals surface area contributed by atoms with Gasteiger partial charge in [-0.3, -0.25) is 0 Å². The van der Waals surface area contributed by atoms with Gasteiger partial charge < -0.3 is 16.2 Å². The highest BCUT2D eigenvalue weighted by atomic mass is 32.2. The van der Waals surface area contributed by atoms with Crippen molar-refractivity contribution in [3.8, 4) is 0 Å². The van der Waals surface area contributed by atoms with E-state index in [-0.39, 0.29) is 10.3 Å². The fraction of sp³-hybridized carbons (Fsp3) is 0.500. The summed E-state index contributed by atoms with van der Waals surface area (Å²) in [6, 6.07) is 5.09. The molecule has 0 heterocycles. The van der Waals surface area contributed by atoms with Crippen molar-refractivity contribution in [2.24, 2.45) is 0 Å². The summed E-state index contributed by atoms with van der Waals surface area (Å²) in [6.45, 7) is 0.835. The largest absolute Gasteiger partial charge is 0.478 e. The number of anilines is 2. The van der Waals surface area contributed by atoms with Gasteiger partial charge in [-0.25, -0.2) is 4.79 Å². The highest BCUT2D eigenvalue weighted by Gasteiger charge is 2.32. The molecule has 1 aromatic rings. The molecule has 4 N–H and O–H groups in total. The molecule has 0 atom stereocenters. The second kappa shape index (κ2) is 5.74. The first-order valence-electron chi connectivity index (χ1n) is 6.49. The number of para-hydroxylation sites is 1. The van der Waals surface area contributed by atoms with Crippen LogP contribution >= 0.6 is 11.8 Å². The van der Waals surface area contributed by atoms with Gasteiger partial charge in [0.05, 0.1) is 16.9 Å². The SMILES string of the molecule is CSC1(CNc2cccc(C(=O)O)c2N)CCCC1. The molecule has 1 aliphatic rings. The number of aromatic carboxylic acids is 1. The van der Waals surface area contributed by atoms with Gasteiger partial charge in [0.15, 0.2) is 0 Å². The molecule has 0 unspecified atom stereocenters. The van der Waals surface area contributed by atoms with E-state index in [0.29, 0.717) is 5.69 Å². The van der Waals surface area contributed by atoms with Crippen molar-refractivity contribution in [1.29, 1.82) is 0 Å². The number of hydrogen-bond donors (Lipinski definition) is 3. The molecule has 0 saturated heterocycles. The standard InChI is InChI=1S/C14H20N2O2S/c1-19-14(7-2-3-8-14)9-16-11-6-4-5-10(12(11)15)13(17)18/h4-6,16H,2-3,7-9,15H2,1H3,(H,17,18). The van der Waals surface area contributed by atoms with Crippen LogP contribution in [0.2, 0.25) is 0 Å². The van der Waals surface area contributed by atoms with Crippen molar-refractivity contribution < 1.29 is 9.90 Å². The van der Waals surface area contributed by atoms with Gasteiger partial charge in [-0.05, 0) is 31.2 Å². The molecule has 0 bridgehead atoms.